The lowest BCUT2D eigenvalue weighted by molar-refractivity contribution is 0.886. The zero-order chi connectivity index (χ0) is 15.1. The van der Waals surface area contributed by atoms with Gasteiger partial charge in [-0.3, -0.25) is 0 Å². The maximum atomic E-state index is 5.99. The van der Waals surface area contributed by atoms with E-state index in [0.717, 1.165) is 15.8 Å². The largest absolute Gasteiger partial charge is 0.368 e. The molecule has 108 valence electrons. The number of hydrogen-bond donors (Lipinski definition) is 1. The summed E-state index contributed by atoms with van der Waals surface area (Å²) in [6, 6.07) is 15.2. The fraction of sp³-hybridized carbons (Fsp3) is 0. The van der Waals surface area contributed by atoms with Gasteiger partial charge < -0.3 is 5.73 Å². The van der Waals surface area contributed by atoms with Crippen molar-refractivity contribution in [3.63, 3.8) is 0 Å². The number of rotatable bonds is 2. The highest BCUT2D eigenvalue weighted by Gasteiger charge is 2.14. The molecule has 2 N–H and O–H groups in total. The summed E-state index contributed by atoms with van der Waals surface area (Å²) in [5.74, 6) is 0.859. The second kappa shape index (κ2) is 5.08. The van der Waals surface area contributed by atoms with Gasteiger partial charge in [0.05, 0.1) is 10.2 Å². The molecule has 4 rings (SSSR count). The molecule has 0 spiro atoms. The predicted molar refractivity (Wildman–Crippen MR) is 89.4 cm³/mol. The van der Waals surface area contributed by atoms with E-state index in [2.05, 4.69) is 15.1 Å². The summed E-state index contributed by atoms with van der Waals surface area (Å²) in [6.07, 6.45) is 0. The maximum Gasteiger partial charge on any atom is 0.226 e. The number of hydrogen-bond acceptors (Lipinski definition) is 5. The predicted octanol–water partition coefficient (Wildman–Crippen LogP) is 3.78. The fourth-order valence-corrected chi connectivity index (χ4v) is 3.19. The molecule has 0 atom stereocenters. The van der Waals surface area contributed by atoms with Gasteiger partial charge in [0.15, 0.2) is 5.82 Å². The van der Waals surface area contributed by atoms with Crippen molar-refractivity contribution in [2.24, 2.45) is 0 Å². The van der Waals surface area contributed by atoms with Crippen LogP contribution < -0.4 is 5.73 Å². The number of aromatic nitrogens is 4. The first kappa shape index (κ1) is 13.2. The van der Waals surface area contributed by atoms with Gasteiger partial charge in [-0.2, -0.15) is 9.67 Å². The summed E-state index contributed by atoms with van der Waals surface area (Å²) in [5.41, 5.74) is 7.77. The van der Waals surface area contributed by atoms with Crippen molar-refractivity contribution in [1.82, 2.24) is 19.7 Å². The maximum absolute atomic E-state index is 5.99. The molecule has 0 radical (unpaired) electrons. The van der Waals surface area contributed by atoms with Crippen LogP contribution in [0.4, 0.5) is 5.95 Å². The minimum atomic E-state index is 0.309. The molecule has 0 amide bonds. The minimum Gasteiger partial charge on any atom is -0.368 e. The van der Waals surface area contributed by atoms with Crippen LogP contribution in [0.15, 0.2) is 48.5 Å². The summed E-state index contributed by atoms with van der Waals surface area (Å²) < 4.78 is 2.65. The number of para-hydroxylation sites is 1. The van der Waals surface area contributed by atoms with Gasteiger partial charge in [-0.15, -0.1) is 5.10 Å². The monoisotopic (exact) mass is 327 g/mol. The van der Waals surface area contributed by atoms with E-state index in [1.807, 2.05) is 36.4 Å². The van der Waals surface area contributed by atoms with Crippen molar-refractivity contribution in [3.8, 4) is 16.5 Å². The summed E-state index contributed by atoms with van der Waals surface area (Å²) in [4.78, 5) is 8.85. The molecule has 2 aromatic carbocycles. The van der Waals surface area contributed by atoms with Gasteiger partial charge in [-0.1, -0.05) is 35.1 Å². The topological polar surface area (TPSA) is 69.6 Å². The van der Waals surface area contributed by atoms with Crippen LogP contribution in [0.3, 0.4) is 0 Å². The molecule has 0 bridgehead atoms. The average molecular weight is 328 g/mol. The number of fused-ring (bicyclic) bond motifs is 1. The molecule has 0 saturated heterocycles. The lowest BCUT2D eigenvalue weighted by Gasteiger charge is -1.95. The highest BCUT2D eigenvalue weighted by atomic mass is 35.5. The lowest BCUT2D eigenvalue weighted by Crippen LogP contribution is -2.01. The Morgan fingerprint density at radius 1 is 1.00 bits per heavy atom. The number of nitrogens with two attached hydrogens (primary N) is 1. The first-order valence-electron chi connectivity index (χ1n) is 6.55. The molecule has 0 aliphatic heterocycles. The average Bonchev–Trinajstić information content (AvgIpc) is 3.11. The number of nitrogens with zero attached hydrogens (tertiary/aromatic N) is 4. The Bertz CT molecular complexity index is 925. The third-order valence-corrected chi connectivity index (χ3v) is 4.46. The van der Waals surface area contributed by atoms with E-state index < -0.39 is 0 Å². The Morgan fingerprint density at radius 3 is 2.55 bits per heavy atom. The molecule has 0 unspecified atom stereocenters. The van der Waals surface area contributed by atoms with E-state index in [1.165, 1.54) is 11.3 Å². The molecule has 4 aromatic rings. The van der Waals surface area contributed by atoms with Crippen molar-refractivity contribution >= 4 is 39.1 Å². The molecule has 0 aliphatic carbocycles. The normalized spacial score (nSPS) is 11.1. The van der Waals surface area contributed by atoms with Gasteiger partial charge in [-0.25, -0.2) is 4.98 Å². The molecule has 5 nitrogen and oxygen atoms in total. The molecule has 22 heavy (non-hydrogen) atoms. The summed E-state index contributed by atoms with van der Waals surface area (Å²) >= 11 is 7.42. The SMILES string of the molecule is Nc1nc(-c2ccc(Cl)cc2)nn1-c1nc2ccccc2s1. The van der Waals surface area contributed by atoms with E-state index >= 15 is 0 Å². The molecule has 0 aliphatic rings. The molecular formula is C15H10ClN5S. The van der Waals surface area contributed by atoms with Crippen molar-refractivity contribution < 1.29 is 0 Å². The van der Waals surface area contributed by atoms with Gasteiger partial charge in [0.2, 0.25) is 11.1 Å². The number of halogens is 1. The highest BCUT2D eigenvalue weighted by Crippen LogP contribution is 2.27. The second-order valence-corrected chi connectivity index (χ2v) is 6.12. The van der Waals surface area contributed by atoms with Crippen molar-refractivity contribution in [2.45, 2.75) is 0 Å². The van der Waals surface area contributed by atoms with E-state index in [0.29, 0.717) is 21.9 Å². The van der Waals surface area contributed by atoms with Crippen LogP contribution >= 0.6 is 22.9 Å². The molecule has 0 saturated carbocycles. The quantitative estimate of drug-likeness (QED) is 0.608. The first-order chi connectivity index (χ1) is 10.7. The van der Waals surface area contributed by atoms with E-state index in [1.54, 1.807) is 16.8 Å². The number of thiazole rings is 1. The van der Waals surface area contributed by atoms with E-state index in [-0.39, 0.29) is 0 Å². The van der Waals surface area contributed by atoms with E-state index in [4.69, 9.17) is 17.3 Å². The minimum absolute atomic E-state index is 0.309. The summed E-state index contributed by atoms with van der Waals surface area (Å²) in [7, 11) is 0. The van der Waals surface area contributed by atoms with Gasteiger partial charge in [0.25, 0.3) is 0 Å². The third-order valence-electron chi connectivity index (χ3n) is 3.20. The van der Waals surface area contributed by atoms with Crippen LogP contribution in [0.5, 0.6) is 0 Å². The third kappa shape index (κ3) is 2.22. The molecule has 0 fully saturated rings. The van der Waals surface area contributed by atoms with Gasteiger partial charge in [0.1, 0.15) is 0 Å². The van der Waals surface area contributed by atoms with Gasteiger partial charge in [0, 0.05) is 10.6 Å². The van der Waals surface area contributed by atoms with Crippen LogP contribution in [0, 0.1) is 0 Å². The smallest absolute Gasteiger partial charge is 0.226 e. The van der Waals surface area contributed by atoms with Crippen LogP contribution in [-0.4, -0.2) is 19.7 Å². The fourth-order valence-electron chi connectivity index (χ4n) is 2.14. The van der Waals surface area contributed by atoms with Gasteiger partial charge >= 0.3 is 0 Å². The molecule has 7 heteroatoms. The Kier molecular flexibility index (Phi) is 3.06. The van der Waals surface area contributed by atoms with Gasteiger partial charge in [-0.05, 0) is 36.4 Å². The van der Waals surface area contributed by atoms with Crippen LogP contribution in [0.1, 0.15) is 0 Å². The van der Waals surface area contributed by atoms with Crippen molar-refractivity contribution in [1.29, 1.82) is 0 Å². The number of anilines is 1. The first-order valence-corrected chi connectivity index (χ1v) is 7.74. The van der Waals surface area contributed by atoms with Crippen LogP contribution in [0.2, 0.25) is 5.02 Å². The number of benzene rings is 2. The molecule has 2 aromatic heterocycles. The second-order valence-electron chi connectivity index (χ2n) is 4.68. The van der Waals surface area contributed by atoms with Crippen LogP contribution in [-0.2, 0) is 0 Å². The lowest BCUT2D eigenvalue weighted by atomic mass is 10.2. The Labute approximate surface area is 135 Å². The Balaban J connectivity index is 1.81. The number of nitrogen functional groups attached to an aromatic ring is 1. The van der Waals surface area contributed by atoms with Crippen molar-refractivity contribution in [3.05, 3.63) is 53.6 Å². The Morgan fingerprint density at radius 2 is 1.77 bits per heavy atom. The highest BCUT2D eigenvalue weighted by molar-refractivity contribution is 7.20. The summed E-state index contributed by atoms with van der Waals surface area (Å²) in [5, 5.41) is 5.83. The molecular weight excluding hydrogens is 318 g/mol. The zero-order valence-corrected chi connectivity index (χ0v) is 12.8. The zero-order valence-electron chi connectivity index (χ0n) is 11.3. The van der Waals surface area contributed by atoms with Crippen molar-refractivity contribution in [2.75, 3.05) is 5.73 Å². The van der Waals surface area contributed by atoms with E-state index in [9.17, 15) is 0 Å². The van der Waals surface area contributed by atoms with Crippen LogP contribution in [0.25, 0.3) is 26.7 Å². The standard InChI is InChI=1S/C15H10ClN5S/c16-10-7-5-9(6-8-10)13-19-14(17)21(20-13)15-18-11-3-1-2-4-12(11)22-15/h1-8H,(H2,17,19,20). The Hall–Kier alpha value is -2.44. The molecule has 2 heterocycles. The summed E-state index contributed by atoms with van der Waals surface area (Å²) in [6.45, 7) is 0.